The number of carboxylic acid groups (broad SMARTS) is 1. The first-order valence-corrected chi connectivity index (χ1v) is 6.57. The lowest BCUT2D eigenvalue weighted by atomic mass is 9.63. The number of carboxylic acids is 1. The van der Waals surface area contributed by atoms with Crippen LogP contribution in [-0.2, 0) is 15.0 Å². The number of likely N-dealkylation sites (N-methyl/N-ethyl adjacent to an activating group) is 1. The number of rotatable bonds is 4. The molecule has 0 atom stereocenters. The van der Waals surface area contributed by atoms with Crippen LogP contribution in [-0.4, -0.2) is 35.5 Å². The summed E-state index contributed by atoms with van der Waals surface area (Å²) in [5.41, 5.74) is 0.295. The Morgan fingerprint density at radius 3 is 2.58 bits per heavy atom. The Labute approximate surface area is 117 Å². The molecular formula is C14H16ClNO3. The highest BCUT2D eigenvalue weighted by Gasteiger charge is 2.47. The van der Waals surface area contributed by atoms with Gasteiger partial charge in [-0.05, 0) is 30.5 Å². The maximum Gasteiger partial charge on any atom is 0.323 e. The van der Waals surface area contributed by atoms with E-state index >= 15 is 0 Å². The molecular weight excluding hydrogens is 266 g/mol. The van der Waals surface area contributed by atoms with Crippen LogP contribution < -0.4 is 0 Å². The normalized spacial score (nSPS) is 16.5. The molecule has 0 unspecified atom stereocenters. The molecule has 1 fully saturated rings. The van der Waals surface area contributed by atoms with Gasteiger partial charge in [0.15, 0.2) is 0 Å². The predicted octanol–water partition coefficient (Wildman–Crippen LogP) is 2.30. The van der Waals surface area contributed by atoms with Gasteiger partial charge in [-0.1, -0.05) is 30.2 Å². The molecule has 5 heteroatoms. The van der Waals surface area contributed by atoms with Crippen molar-refractivity contribution < 1.29 is 14.7 Å². The van der Waals surface area contributed by atoms with Crippen LogP contribution in [0.3, 0.4) is 0 Å². The van der Waals surface area contributed by atoms with E-state index in [1.165, 1.54) is 11.9 Å². The number of aliphatic carboxylic acids is 1. The van der Waals surface area contributed by atoms with E-state index in [1.54, 1.807) is 12.1 Å². The highest BCUT2D eigenvalue weighted by Crippen LogP contribution is 2.45. The molecule has 0 heterocycles. The number of halogens is 1. The third-order valence-corrected chi connectivity index (χ3v) is 3.95. The fraction of sp³-hybridized carbons (Fsp3) is 0.429. The number of hydrogen-bond donors (Lipinski definition) is 1. The summed E-state index contributed by atoms with van der Waals surface area (Å²) in [5.74, 6) is -1.14. The number of nitrogens with zero attached hydrogens (tertiary/aromatic N) is 1. The maximum atomic E-state index is 12.5. The quantitative estimate of drug-likeness (QED) is 0.921. The summed E-state index contributed by atoms with van der Waals surface area (Å²) >= 11 is 5.98. The molecule has 19 heavy (non-hydrogen) atoms. The maximum absolute atomic E-state index is 12.5. The number of carbonyl (C=O) groups excluding carboxylic acids is 1. The Kier molecular flexibility index (Phi) is 3.80. The molecule has 0 aromatic heterocycles. The van der Waals surface area contributed by atoms with E-state index in [2.05, 4.69) is 0 Å². The van der Waals surface area contributed by atoms with E-state index in [0.29, 0.717) is 5.02 Å². The first-order chi connectivity index (χ1) is 8.95. The summed E-state index contributed by atoms with van der Waals surface area (Å²) in [6, 6.07) is 7.27. The Hall–Kier alpha value is -1.55. The minimum atomic E-state index is -1.00. The zero-order chi connectivity index (χ0) is 14.0. The van der Waals surface area contributed by atoms with Gasteiger partial charge < -0.3 is 10.0 Å². The molecule has 0 spiro atoms. The van der Waals surface area contributed by atoms with E-state index in [4.69, 9.17) is 16.7 Å². The SMILES string of the molecule is CN(CC(=O)O)C(=O)C1(c2cccc(Cl)c2)CCC1. The standard InChI is InChI=1S/C14H16ClNO3/c1-16(9-12(17)18)13(19)14(6-3-7-14)10-4-2-5-11(15)8-10/h2,4-5,8H,3,6-7,9H2,1H3,(H,17,18). The van der Waals surface area contributed by atoms with Crippen molar-refractivity contribution in [2.45, 2.75) is 24.7 Å². The van der Waals surface area contributed by atoms with Gasteiger partial charge in [-0.3, -0.25) is 9.59 Å². The Morgan fingerprint density at radius 1 is 1.42 bits per heavy atom. The average molecular weight is 282 g/mol. The van der Waals surface area contributed by atoms with Gasteiger partial charge in [0.25, 0.3) is 0 Å². The Balaban J connectivity index is 2.28. The van der Waals surface area contributed by atoms with Gasteiger partial charge in [0.2, 0.25) is 5.91 Å². The van der Waals surface area contributed by atoms with Crippen molar-refractivity contribution in [3.8, 4) is 0 Å². The van der Waals surface area contributed by atoms with Crippen LogP contribution in [0.5, 0.6) is 0 Å². The molecule has 2 rings (SSSR count). The van der Waals surface area contributed by atoms with Crippen molar-refractivity contribution >= 4 is 23.5 Å². The lowest BCUT2D eigenvalue weighted by Crippen LogP contribution is -2.50. The molecule has 1 aromatic rings. The zero-order valence-corrected chi connectivity index (χ0v) is 11.5. The monoisotopic (exact) mass is 281 g/mol. The van der Waals surface area contributed by atoms with Crippen LogP contribution in [0.1, 0.15) is 24.8 Å². The van der Waals surface area contributed by atoms with Gasteiger partial charge in [0.1, 0.15) is 6.54 Å². The fourth-order valence-electron chi connectivity index (χ4n) is 2.58. The first kappa shape index (κ1) is 13.9. The van der Waals surface area contributed by atoms with Crippen molar-refractivity contribution in [1.29, 1.82) is 0 Å². The van der Waals surface area contributed by atoms with E-state index in [1.807, 2.05) is 12.1 Å². The molecule has 1 aromatic carbocycles. The second-order valence-corrected chi connectivity index (χ2v) is 5.44. The summed E-state index contributed by atoms with van der Waals surface area (Å²) < 4.78 is 0. The lowest BCUT2D eigenvalue weighted by molar-refractivity contribution is -0.147. The van der Waals surface area contributed by atoms with Crippen molar-refractivity contribution in [3.05, 3.63) is 34.9 Å². The Bertz CT molecular complexity index is 511. The van der Waals surface area contributed by atoms with Crippen LogP contribution in [0.2, 0.25) is 5.02 Å². The molecule has 1 amide bonds. The number of amides is 1. The van der Waals surface area contributed by atoms with Gasteiger partial charge in [-0.25, -0.2) is 0 Å². The molecule has 4 nitrogen and oxygen atoms in total. The molecule has 1 saturated carbocycles. The van der Waals surface area contributed by atoms with Crippen molar-refractivity contribution in [3.63, 3.8) is 0 Å². The van der Waals surface area contributed by atoms with Crippen molar-refractivity contribution in [2.24, 2.45) is 0 Å². The average Bonchev–Trinajstić information content (AvgIpc) is 2.26. The van der Waals surface area contributed by atoms with Crippen LogP contribution in [0.25, 0.3) is 0 Å². The van der Waals surface area contributed by atoms with E-state index in [-0.39, 0.29) is 12.5 Å². The summed E-state index contributed by atoms with van der Waals surface area (Å²) in [6.07, 6.45) is 2.46. The number of hydrogen-bond acceptors (Lipinski definition) is 2. The largest absolute Gasteiger partial charge is 0.480 e. The zero-order valence-electron chi connectivity index (χ0n) is 10.7. The van der Waals surface area contributed by atoms with Crippen LogP contribution in [0.15, 0.2) is 24.3 Å². The molecule has 0 radical (unpaired) electrons. The summed E-state index contributed by atoms with van der Waals surface area (Å²) in [7, 11) is 1.53. The number of benzene rings is 1. The van der Waals surface area contributed by atoms with E-state index in [9.17, 15) is 9.59 Å². The molecule has 1 N–H and O–H groups in total. The van der Waals surface area contributed by atoms with Crippen LogP contribution in [0, 0.1) is 0 Å². The number of carbonyl (C=O) groups is 2. The second-order valence-electron chi connectivity index (χ2n) is 5.00. The Morgan fingerprint density at radius 2 is 2.11 bits per heavy atom. The van der Waals surface area contributed by atoms with Gasteiger partial charge >= 0.3 is 5.97 Å². The molecule has 0 saturated heterocycles. The van der Waals surface area contributed by atoms with Crippen LogP contribution in [0.4, 0.5) is 0 Å². The highest BCUT2D eigenvalue weighted by molar-refractivity contribution is 6.30. The third-order valence-electron chi connectivity index (χ3n) is 3.71. The fourth-order valence-corrected chi connectivity index (χ4v) is 2.77. The predicted molar refractivity (Wildman–Crippen MR) is 72.3 cm³/mol. The van der Waals surface area contributed by atoms with Crippen molar-refractivity contribution in [2.75, 3.05) is 13.6 Å². The smallest absolute Gasteiger partial charge is 0.323 e. The summed E-state index contributed by atoms with van der Waals surface area (Å²) in [5, 5.41) is 9.38. The summed E-state index contributed by atoms with van der Waals surface area (Å²) in [4.78, 5) is 24.5. The minimum Gasteiger partial charge on any atom is -0.480 e. The molecule has 1 aliphatic carbocycles. The second kappa shape index (κ2) is 5.21. The summed E-state index contributed by atoms with van der Waals surface area (Å²) in [6.45, 7) is -0.277. The molecule has 102 valence electrons. The molecule has 0 aliphatic heterocycles. The topological polar surface area (TPSA) is 57.6 Å². The van der Waals surface area contributed by atoms with E-state index in [0.717, 1.165) is 24.8 Å². The van der Waals surface area contributed by atoms with Crippen LogP contribution >= 0.6 is 11.6 Å². The van der Waals surface area contributed by atoms with Gasteiger partial charge in [-0.2, -0.15) is 0 Å². The molecule has 1 aliphatic rings. The van der Waals surface area contributed by atoms with Gasteiger partial charge in [-0.15, -0.1) is 0 Å². The highest BCUT2D eigenvalue weighted by atomic mass is 35.5. The van der Waals surface area contributed by atoms with E-state index < -0.39 is 11.4 Å². The third kappa shape index (κ3) is 2.59. The molecule has 0 bridgehead atoms. The lowest BCUT2D eigenvalue weighted by Gasteiger charge is -2.43. The first-order valence-electron chi connectivity index (χ1n) is 6.19. The van der Waals surface area contributed by atoms with Crippen molar-refractivity contribution in [1.82, 2.24) is 4.90 Å². The van der Waals surface area contributed by atoms with Gasteiger partial charge in [0.05, 0.1) is 5.41 Å². The minimum absolute atomic E-state index is 0.136. The van der Waals surface area contributed by atoms with Gasteiger partial charge in [0, 0.05) is 12.1 Å².